The Bertz CT molecular complexity index is 688. The zero-order chi connectivity index (χ0) is 17.1. The predicted molar refractivity (Wildman–Crippen MR) is 84.1 cm³/mol. The number of hydrogen-bond donors (Lipinski definition) is 1. The largest absolute Gasteiger partial charge is 0.455 e. The third kappa shape index (κ3) is 2.09. The molecule has 1 aromatic carbocycles. The van der Waals surface area contributed by atoms with E-state index in [0.717, 1.165) is 0 Å². The predicted octanol–water partition coefficient (Wildman–Crippen LogP) is 1.50. The summed E-state index contributed by atoms with van der Waals surface area (Å²) in [6.45, 7) is 3.68. The average Bonchev–Trinajstić information content (AvgIpc) is 3.17. The lowest BCUT2D eigenvalue weighted by Gasteiger charge is -2.28. The highest BCUT2D eigenvalue weighted by molar-refractivity contribution is 5.91. The van der Waals surface area contributed by atoms with Gasteiger partial charge in [-0.3, -0.25) is 4.79 Å². The van der Waals surface area contributed by atoms with Gasteiger partial charge in [0.25, 0.3) is 0 Å². The Labute approximate surface area is 140 Å². The summed E-state index contributed by atoms with van der Waals surface area (Å²) in [5.74, 6) is -1.26. The fraction of sp³-hybridized carbons (Fsp3) is 0.556. The van der Waals surface area contributed by atoms with E-state index in [9.17, 15) is 9.59 Å². The second-order valence-electron chi connectivity index (χ2n) is 7.19. The summed E-state index contributed by atoms with van der Waals surface area (Å²) in [6, 6.07) is 8.78. The minimum absolute atomic E-state index is 0.0257. The maximum atomic E-state index is 12.5. The average molecular weight is 331 g/mol. The first-order chi connectivity index (χ1) is 11.4. The zero-order valence-electron chi connectivity index (χ0n) is 13.9. The first kappa shape index (κ1) is 15.6. The molecule has 24 heavy (non-hydrogen) atoms. The van der Waals surface area contributed by atoms with Gasteiger partial charge in [-0.1, -0.05) is 18.2 Å². The van der Waals surface area contributed by atoms with Gasteiger partial charge in [-0.05, 0) is 32.4 Å². The van der Waals surface area contributed by atoms with Crippen LogP contribution in [0.4, 0.5) is 0 Å². The van der Waals surface area contributed by atoms with Crippen LogP contribution >= 0.6 is 0 Å². The lowest BCUT2D eigenvalue weighted by atomic mass is 9.97. The van der Waals surface area contributed by atoms with Crippen molar-refractivity contribution in [3.05, 3.63) is 35.9 Å². The van der Waals surface area contributed by atoms with E-state index in [-0.39, 0.29) is 17.9 Å². The van der Waals surface area contributed by atoms with Gasteiger partial charge in [0.15, 0.2) is 5.79 Å². The number of esters is 1. The van der Waals surface area contributed by atoms with Gasteiger partial charge in [-0.15, -0.1) is 0 Å². The van der Waals surface area contributed by atoms with Crippen molar-refractivity contribution in [2.75, 3.05) is 7.05 Å². The molecular weight excluding hydrogens is 310 g/mol. The molecule has 0 unspecified atom stereocenters. The maximum Gasteiger partial charge on any atom is 0.338 e. The van der Waals surface area contributed by atoms with Crippen molar-refractivity contribution in [2.45, 2.75) is 44.4 Å². The number of rotatable bonds is 3. The van der Waals surface area contributed by atoms with Crippen LogP contribution in [-0.2, 0) is 19.0 Å². The Morgan fingerprint density at radius 1 is 1.17 bits per heavy atom. The molecule has 6 nitrogen and oxygen atoms in total. The molecule has 0 bridgehead atoms. The first-order valence-corrected chi connectivity index (χ1v) is 8.23. The lowest BCUT2D eigenvalue weighted by Crippen LogP contribution is -2.45. The van der Waals surface area contributed by atoms with Crippen molar-refractivity contribution in [3.8, 4) is 0 Å². The minimum atomic E-state index is -0.732. The van der Waals surface area contributed by atoms with Crippen LogP contribution in [0.5, 0.6) is 0 Å². The monoisotopic (exact) mass is 331 g/mol. The molecule has 1 heterocycles. The quantitative estimate of drug-likeness (QED) is 0.850. The van der Waals surface area contributed by atoms with E-state index < -0.39 is 29.4 Å². The Hall–Kier alpha value is -1.92. The number of ether oxygens (including phenoxy) is 3. The normalized spacial score (nSPS) is 38.1. The SMILES string of the molecule is CNC(=O)[C@@]12C[C@@H]1[C@@H]1OC(C)(C)O[C@@H]1[C@@H]2OC(=O)c1ccccc1. The fourth-order valence-electron chi connectivity index (χ4n) is 4.25. The molecule has 0 aromatic heterocycles. The number of hydrogen-bond acceptors (Lipinski definition) is 5. The molecule has 2 saturated carbocycles. The van der Waals surface area contributed by atoms with Gasteiger partial charge in [0, 0.05) is 13.0 Å². The van der Waals surface area contributed by atoms with Gasteiger partial charge in [0.2, 0.25) is 5.91 Å². The Morgan fingerprint density at radius 2 is 1.83 bits per heavy atom. The van der Waals surface area contributed by atoms with E-state index in [1.807, 2.05) is 19.9 Å². The molecule has 1 amide bonds. The molecule has 3 aliphatic rings. The molecule has 1 aromatic rings. The number of carbonyl (C=O) groups is 2. The molecule has 2 aliphatic carbocycles. The van der Waals surface area contributed by atoms with Gasteiger partial charge in [0.05, 0.1) is 17.1 Å². The number of benzene rings is 1. The van der Waals surface area contributed by atoms with Crippen molar-refractivity contribution in [1.29, 1.82) is 0 Å². The van der Waals surface area contributed by atoms with E-state index in [1.165, 1.54) is 0 Å². The fourth-order valence-corrected chi connectivity index (χ4v) is 4.25. The Morgan fingerprint density at radius 3 is 2.50 bits per heavy atom. The highest BCUT2D eigenvalue weighted by Crippen LogP contribution is 2.68. The van der Waals surface area contributed by atoms with Crippen LogP contribution in [0, 0.1) is 11.3 Å². The van der Waals surface area contributed by atoms with Crippen LogP contribution in [0.3, 0.4) is 0 Å². The summed E-state index contributed by atoms with van der Waals surface area (Å²) in [6.07, 6.45) is -0.614. The number of fused-ring (bicyclic) bond motifs is 3. The number of nitrogens with one attached hydrogen (secondary N) is 1. The third-order valence-electron chi connectivity index (χ3n) is 5.32. The maximum absolute atomic E-state index is 12.5. The molecule has 5 atom stereocenters. The summed E-state index contributed by atoms with van der Waals surface area (Å²) in [5.41, 5.74) is -0.270. The van der Waals surface area contributed by atoms with Crippen molar-refractivity contribution in [1.82, 2.24) is 5.32 Å². The number of amides is 1. The van der Waals surface area contributed by atoms with Crippen LogP contribution in [0.1, 0.15) is 30.6 Å². The zero-order valence-corrected chi connectivity index (χ0v) is 13.9. The summed E-state index contributed by atoms with van der Waals surface area (Å²) in [5, 5.41) is 2.70. The van der Waals surface area contributed by atoms with Crippen molar-refractivity contribution >= 4 is 11.9 Å². The molecule has 4 rings (SSSR count). The Kier molecular flexibility index (Phi) is 3.27. The van der Waals surface area contributed by atoms with Gasteiger partial charge in [0.1, 0.15) is 12.2 Å². The summed E-state index contributed by atoms with van der Waals surface area (Å²) >= 11 is 0. The molecule has 1 saturated heterocycles. The van der Waals surface area contributed by atoms with Crippen LogP contribution in [-0.4, -0.2) is 43.0 Å². The highest BCUT2D eigenvalue weighted by atomic mass is 16.8. The van der Waals surface area contributed by atoms with Gasteiger partial charge in [-0.2, -0.15) is 0 Å². The minimum Gasteiger partial charge on any atom is -0.455 e. The number of carbonyl (C=O) groups excluding carboxylic acids is 2. The molecule has 1 N–H and O–H groups in total. The van der Waals surface area contributed by atoms with E-state index in [2.05, 4.69) is 5.32 Å². The van der Waals surface area contributed by atoms with Gasteiger partial charge < -0.3 is 19.5 Å². The molecular formula is C18H21NO5. The van der Waals surface area contributed by atoms with Crippen molar-refractivity contribution in [3.63, 3.8) is 0 Å². The van der Waals surface area contributed by atoms with E-state index in [4.69, 9.17) is 14.2 Å². The van der Waals surface area contributed by atoms with Gasteiger partial charge >= 0.3 is 5.97 Å². The summed E-state index contributed by atoms with van der Waals surface area (Å²) < 4.78 is 17.7. The van der Waals surface area contributed by atoms with Gasteiger partial charge in [-0.25, -0.2) is 4.79 Å². The molecule has 3 fully saturated rings. The lowest BCUT2D eigenvalue weighted by molar-refractivity contribution is -0.172. The third-order valence-corrected chi connectivity index (χ3v) is 5.32. The smallest absolute Gasteiger partial charge is 0.338 e. The standard InChI is InChI=1S/C18H21NO5/c1-17(2)23-12-11-9-18(11,16(21)19-3)14(13(12)24-17)22-15(20)10-7-5-4-6-8-10/h4-8,11-14H,9H2,1-3H3,(H,19,21)/t11-,12+,13+,14+,18+/m1/s1. The van der Waals surface area contributed by atoms with E-state index in [1.54, 1.807) is 31.3 Å². The molecule has 128 valence electrons. The van der Waals surface area contributed by atoms with Crippen LogP contribution in [0.2, 0.25) is 0 Å². The summed E-state index contributed by atoms with van der Waals surface area (Å²) in [7, 11) is 1.60. The van der Waals surface area contributed by atoms with Crippen LogP contribution in [0.15, 0.2) is 30.3 Å². The van der Waals surface area contributed by atoms with E-state index >= 15 is 0 Å². The van der Waals surface area contributed by atoms with Crippen molar-refractivity contribution in [2.24, 2.45) is 11.3 Å². The molecule has 1 aliphatic heterocycles. The summed E-state index contributed by atoms with van der Waals surface area (Å²) in [4.78, 5) is 25.0. The second kappa shape index (κ2) is 5.04. The second-order valence-corrected chi connectivity index (χ2v) is 7.19. The first-order valence-electron chi connectivity index (χ1n) is 8.23. The highest BCUT2D eigenvalue weighted by Gasteiger charge is 2.80. The van der Waals surface area contributed by atoms with E-state index in [0.29, 0.717) is 12.0 Å². The molecule has 6 heteroatoms. The molecule has 0 radical (unpaired) electrons. The van der Waals surface area contributed by atoms with Crippen LogP contribution < -0.4 is 5.32 Å². The van der Waals surface area contributed by atoms with Crippen molar-refractivity contribution < 1.29 is 23.8 Å². The molecule has 0 spiro atoms. The topological polar surface area (TPSA) is 73.9 Å². The van der Waals surface area contributed by atoms with Crippen LogP contribution in [0.25, 0.3) is 0 Å². The Balaban J connectivity index is 1.63.